The van der Waals surface area contributed by atoms with Gasteiger partial charge in [-0.2, -0.15) is 0 Å². The van der Waals surface area contributed by atoms with Gasteiger partial charge in [-0.25, -0.2) is 0 Å². The summed E-state index contributed by atoms with van der Waals surface area (Å²) < 4.78 is 0. The van der Waals surface area contributed by atoms with Crippen molar-refractivity contribution >= 4 is 5.91 Å². The quantitative estimate of drug-likeness (QED) is 0.749. The Labute approximate surface area is 87.1 Å². The Morgan fingerprint density at radius 3 is 2.07 bits per heavy atom. The first-order chi connectivity index (χ1) is 6.15. The third-order valence-electron chi connectivity index (χ3n) is 2.39. The Morgan fingerprint density at radius 1 is 1.36 bits per heavy atom. The van der Waals surface area contributed by atoms with Crippen molar-refractivity contribution in [3.05, 3.63) is 0 Å². The van der Waals surface area contributed by atoms with Crippen molar-refractivity contribution in [3.8, 4) is 0 Å². The Bertz CT molecular complexity index is 194. The average Bonchev–Trinajstić information content (AvgIpc) is 1.98. The molecule has 0 radical (unpaired) electrons. The largest absolute Gasteiger partial charge is 0.389 e. The van der Waals surface area contributed by atoms with Gasteiger partial charge in [-0.15, -0.1) is 0 Å². The van der Waals surface area contributed by atoms with E-state index in [1.807, 2.05) is 20.8 Å². The highest BCUT2D eigenvalue weighted by Crippen LogP contribution is 2.14. The first-order valence-electron chi connectivity index (χ1n) is 5.12. The van der Waals surface area contributed by atoms with E-state index in [1.165, 1.54) is 0 Å². The van der Waals surface area contributed by atoms with Crippen LogP contribution in [-0.4, -0.2) is 35.1 Å². The molecule has 0 aromatic heterocycles. The molecule has 0 aromatic carbocycles. The summed E-state index contributed by atoms with van der Waals surface area (Å²) >= 11 is 0. The number of likely N-dealkylation sites (N-methyl/N-ethyl adjacent to an activating group) is 1. The molecule has 14 heavy (non-hydrogen) atoms. The molecular formula is C11H23NO2. The maximum absolute atomic E-state index is 11.8. The molecule has 1 unspecified atom stereocenters. The number of aliphatic hydroxyl groups is 1. The predicted molar refractivity (Wildman–Crippen MR) is 57.9 cm³/mol. The van der Waals surface area contributed by atoms with Gasteiger partial charge in [-0.05, 0) is 19.8 Å². The van der Waals surface area contributed by atoms with E-state index in [-0.39, 0.29) is 11.8 Å². The fourth-order valence-corrected chi connectivity index (χ4v) is 1.29. The zero-order chi connectivity index (χ0) is 11.5. The lowest BCUT2D eigenvalue weighted by atomic mass is 9.96. The van der Waals surface area contributed by atoms with Crippen LogP contribution in [-0.2, 0) is 4.79 Å². The fourth-order valence-electron chi connectivity index (χ4n) is 1.29. The molecule has 0 aliphatic rings. The monoisotopic (exact) mass is 201 g/mol. The van der Waals surface area contributed by atoms with Crippen LogP contribution in [0.5, 0.6) is 0 Å². The van der Waals surface area contributed by atoms with Crippen molar-refractivity contribution in [3.63, 3.8) is 0 Å². The zero-order valence-corrected chi connectivity index (χ0v) is 10.2. The van der Waals surface area contributed by atoms with Gasteiger partial charge in [0.05, 0.1) is 5.60 Å². The normalized spacial score (nSPS) is 14.3. The van der Waals surface area contributed by atoms with E-state index in [9.17, 15) is 9.90 Å². The Kier molecular flexibility index (Phi) is 4.59. The third-order valence-corrected chi connectivity index (χ3v) is 2.39. The zero-order valence-electron chi connectivity index (χ0n) is 10.2. The second kappa shape index (κ2) is 4.78. The molecule has 3 heteroatoms. The van der Waals surface area contributed by atoms with E-state index in [2.05, 4.69) is 0 Å². The molecule has 84 valence electrons. The molecule has 0 bridgehead atoms. The summed E-state index contributed by atoms with van der Waals surface area (Å²) in [5.74, 6) is 0.455. The van der Waals surface area contributed by atoms with Crippen LogP contribution in [0.3, 0.4) is 0 Å². The van der Waals surface area contributed by atoms with Crippen LogP contribution in [0.2, 0.25) is 0 Å². The van der Waals surface area contributed by atoms with E-state index in [4.69, 9.17) is 0 Å². The number of carbonyl (C=O) groups is 1. The molecule has 0 spiro atoms. The molecule has 1 N–H and O–H groups in total. The summed E-state index contributed by atoms with van der Waals surface area (Å²) in [7, 11) is 1.74. The molecule has 0 heterocycles. The highest BCUT2D eigenvalue weighted by atomic mass is 16.3. The number of hydrogen-bond acceptors (Lipinski definition) is 2. The van der Waals surface area contributed by atoms with Crippen molar-refractivity contribution in [2.45, 2.75) is 40.2 Å². The van der Waals surface area contributed by atoms with Crippen molar-refractivity contribution < 1.29 is 9.90 Å². The molecule has 0 aliphatic carbocycles. The van der Waals surface area contributed by atoms with Crippen LogP contribution in [0.4, 0.5) is 0 Å². The fraction of sp³-hybridized carbons (Fsp3) is 0.909. The molecule has 0 saturated carbocycles. The van der Waals surface area contributed by atoms with Gasteiger partial charge >= 0.3 is 0 Å². The van der Waals surface area contributed by atoms with Gasteiger partial charge in [0.25, 0.3) is 0 Å². The van der Waals surface area contributed by atoms with E-state index in [0.717, 1.165) is 0 Å². The molecular weight excluding hydrogens is 178 g/mol. The minimum atomic E-state index is -0.818. The van der Waals surface area contributed by atoms with Crippen molar-refractivity contribution in [1.29, 1.82) is 0 Å². The molecule has 1 atom stereocenters. The first kappa shape index (κ1) is 13.4. The standard InChI is InChI=1S/C11H23NO2/c1-8(2)9(3)10(13)12(6)7-11(4,5)14/h8-9,14H,7H2,1-6H3. The van der Waals surface area contributed by atoms with Gasteiger partial charge in [0.1, 0.15) is 0 Å². The highest BCUT2D eigenvalue weighted by Gasteiger charge is 2.24. The van der Waals surface area contributed by atoms with Crippen LogP contribution in [0.25, 0.3) is 0 Å². The molecule has 0 aromatic rings. The summed E-state index contributed by atoms with van der Waals surface area (Å²) in [5.41, 5.74) is -0.818. The second-order valence-corrected chi connectivity index (χ2v) is 5.04. The first-order valence-corrected chi connectivity index (χ1v) is 5.12. The molecule has 0 saturated heterocycles. The maximum Gasteiger partial charge on any atom is 0.225 e. The second-order valence-electron chi connectivity index (χ2n) is 5.04. The van der Waals surface area contributed by atoms with E-state index in [1.54, 1.807) is 25.8 Å². The van der Waals surface area contributed by atoms with Crippen molar-refractivity contribution in [2.24, 2.45) is 11.8 Å². The summed E-state index contributed by atoms with van der Waals surface area (Å²) in [6, 6.07) is 0. The summed E-state index contributed by atoms with van der Waals surface area (Å²) in [6.07, 6.45) is 0. The predicted octanol–water partition coefficient (Wildman–Crippen LogP) is 1.51. The number of amides is 1. The summed E-state index contributed by atoms with van der Waals surface area (Å²) in [6.45, 7) is 9.77. The van der Waals surface area contributed by atoms with Crippen LogP contribution in [0.1, 0.15) is 34.6 Å². The smallest absolute Gasteiger partial charge is 0.225 e. The summed E-state index contributed by atoms with van der Waals surface area (Å²) in [4.78, 5) is 13.4. The molecule has 0 rings (SSSR count). The molecule has 0 fully saturated rings. The van der Waals surface area contributed by atoms with Crippen LogP contribution in [0, 0.1) is 11.8 Å². The lowest BCUT2D eigenvalue weighted by Gasteiger charge is -2.28. The van der Waals surface area contributed by atoms with E-state index >= 15 is 0 Å². The van der Waals surface area contributed by atoms with Gasteiger partial charge in [0.2, 0.25) is 5.91 Å². The molecule has 3 nitrogen and oxygen atoms in total. The molecule has 0 aliphatic heterocycles. The van der Waals surface area contributed by atoms with Crippen LogP contribution < -0.4 is 0 Å². The number of nitrogens with zero attached hydrogens (tertiary/aromatic N) is 1. The number of hydrogen-bond donors (Lipinski definition) is 1. The van der Waals surface area contributed by atoms with Crippen LogP contribution in [0.15, 0.2) is 0 Å². The van der Waals surface area contributed by atoms with E-state index < -0.39 is 5.60 Å². The van der Waals surface area contributed by atoms with Gasteiger partial charge in [-0.3, -0.25) is 4.79 Å². The Hall–Kier alpha value is -0.570. The van der Waals surface area contributed by atoms with Crippen molar-refractivity contribution in [2.75, 3.05) is 13.6 Å². The third kappa shape index (κ3) is 4.61. The number of carbonyl (C=O) groups excluding carboxylic acids is 1. The number of rotatable bonds is 4. The lowest BCUT2D eigenvalue weighted by molar-refractivity contribution is -0.137. The summed E-state index contributed by atoms with van der Waals surface area (Å²) in [5, 5.41) is 9.56. The topological polar surface area (TPSA) is 40.5 Å². The Morgan fingerprint density at radius 2 is 1.79 bits per heavy atom. The average molecular weight is 201 g/mol. The molecule has 1 amide bonds. The minimum absolute atomic E-state index is 0.0161. The highest BCUT2D eigenvalue weighted by molar-refractivity contribution is 5.78. The van der Waals surface area contributed by atoms with E-state index in [0.29, 0.717) is 12.5 Å². The minimum Gasteiger partial charge on any atom is -0.389 e. The van der Waals surface area contributed by atoms with Gasteiger partial charge < -0.3 is 10.0 Å². The SMILES string of the molecule is CC(C)C(C)C(=O)N(C)CC(C)(C)O. The van der Waals surface area contributed by atoms with Crippen molar-refractivity contribution in [1.82, 2.24) is 4.90 Å². The van der Waals surface area contributed by atoms with Gasteiger partial charge in [0, 0.05) is 19.5 Å². The van der Waals surface area contributed by atoms with Gasteiger partial charge in [0.15, 0.2) is 0 Å². The van der Waals surface area contributed by atoms with Crippen LogP contribution >= 0.6 is 0 Å². The van der Waals surface area contributed by atoms with Gasteiger partial charge in [-0.1, -0.05) is 20.8 Å². The lowest BCUT2D eigenvalue weighted by Crippen LogP contribution is -2.42. The Balaban J connectivity index is 4.26. The maximum atomic E-state index is 11.8.